The first-order valence-corrected chi connectivity index (χ1v) is 9.98. The average molecular weight is 357 g/mol. The number of hydrogen-bond donors (Lipinski definition) is 1. The maximum Gasteiger partial charge on any atom is 0.232 e. The zero-order valence-electron chi connectivity index (χ0n) is 14.2. The average Bonchev–Trinajstić information content (AvgIpc) is 3.24. The van der Waals surface area contributed by atoms with E-state index in [0.717, 1.165) is 42.7 Å². The quantitative estimate of drug-likeness (QED) is 0.834. The lowest BCUT2D eigenvalue weighted by Gasteiger charge is -2.22. The Bertz CT molecular complexity index is 726. The van der Waals surface area contributed by atoms with E-state index in [2.05, 4.69) is 37.1 Å². The zero-order chi connectivity index (χ0) is 17.1. The van der Waals surface area contributed by atoms with Gasteiger partial charge in [0.2, 0.25) is 11.9 Å². The summed E-state index contributed by atoms with van der Waals surface area (Å²) in [5.74, 6) is 1.37. The van der Waals surface area contributed by atoms with E-state index in [0.29, 0.717) is 11.8 Å². The van der Waals surface area contributed by atoms with Crippen LogP contribution in [-0.2, 0) is 11.3 Å². The van der Waals surface area contributed by atoms with Crippen molar-refractivity contribution in [3.05, 3.63) is 30.3 Å². The minimum atomic E-state index is 0.104. The lowest BCUT2D eigenvalue weighted by Crippen LogP contribution is -2.37. The van der Waals surface area contributed by atoms with Crippen LogP contribution in [0.5, 0.6) is 0 Å². The van der Waals surface area contributed by atoms with Gasteiger partial charge < -0.3 is 10.2 Å². The minimum absolute atomic E-state index is 0.104. The molecule has 1 aromatic carbocycles. The number of aromatic nitrogens is 3. The molecule has 1 N–H and O–H groups in total. The largest absolute Gasteiger partial charge is 0.353 e. The molecule has 1 aliphatic carbocycles. The Morgan fingerprint density at radius 3 is 2.72 bits per heavy atom. The molecule has 1 amide bonds. The Morgan fingerprint density at radius 1 is 1.12 bits per heavy atom. The van der Waals surface area contributed by atoms with Crippen LogP contribution in [0.3, 0.4) is 0 Å². The molecular weight excluding hydrogens is 334 g/mol. The van der Waals surface area contributed by atoms with Crippen molar-refractivity contribution in [2.75, 3.05) is 17.2 Å². The maximum absolute atomic E-state index is 12.2. The van der Waals surface area contributed by atoms with Crippen LogP contribution in [0.25, 0.3) is 0 Å². The SMILES string of the molecule is O=C(CSc1nnc2n1CCN2c1ccccc1)NC1CCCCC1. The number of thioether (sulfide) groups is 1. The van der Waals surface area contributed by atoms with Gasteiger partial charge in [0.25, 0.3) is 0 Å². The summed E-state index contributed by atoms with van der Waals surface area (Å²) < 4.78 is 2.10. The molecule has 6 nitrogen and oxygen atoms in total. The second kappa shape index (κ2) is 7.47. The summed E-state index contributed by atoms with van der Waals surface area (Å²) in [6, 6.07) is 10.6. The van der Waals surface area contributed by atoms with E-state index >= 15 is 0 Å². The van der Waals surface area contributed by atoms with Gasteiger partial charge in [0.05, 0.1) is 5.75 Å². The molecule has 0 saturated heterocycles. The topological polar surface area (TPSA) is 63.1 Å². The van der Waals surface area contributed by atoms with Crippen LogP contribution < -0.4 is 10.2 Å². The van der Waals surface area contributed by atoms with Gasteiger partial charge in [0.1, 0.15) is 0 Å². The van der Waals surface area contributed by atoms with Crippen molar-refractivity contribution in [1.82, 2.24) is 20.1 Å². The Balaban J connectivity index is 1.36. The molecule has 1 aliphatic heterocycles. The third kappa shape index (κ3) is 3.66. The van der Waals surface area contributed by atoms with Gasteiger partial charge in [0.15, 0.2) is 5.16 Å². The summed E-state index contributed by atoms with van der Waals surface area (Å²) in [4.78, 5) is 14.4. The number of nitrogens with zero attached hydrogens (tertiary/aromatic N) is 4. The molecular formula is C18H23N5OS. The molecule has 0 spiro atoms. The maximum atomic E-state index is 12.2. The Kier molecular flexibility index (Phi) is 4.92. The van der Waals surface area contributed by atoms with Crippen LogP contribution in [0.2, 0.25) is 0 Å². The van der Waals surface area contributed by atoms with Crippen molar-refractivity contribution in [1.29, 1.82) is 0 Å². The summed E-state index contributed by atoms with van der Waals surface area (Å²) in [7, 11) is 0. The molecule has 132 valence electrons. The van der Waals surface area contributed by atoms with E-state index in [1.807, 2.05) is 18.2 Å². The molecule has 4 rings (SSSR count). The number of hydrogen-bond acceptors (Lipinski definition) is 5. The smallest absolute Gasteiger partial charge is 0.232 e. The molecule has 0 bridgehead atoms. The highest BCUT2D eigenvalue weighted by Gasteiger charge is 2.26. The molecule has 7 heteroatoms. The molecule has 1 aromatic heterocycles. The van der Waals surface area contributed by atoms with E-state index in [1.165, 1.54) is 31.0 Å². The number of amides is 1. The predicted molar refractivity (Wildman–Crippen MR) is 99.2 cm³/mol. The zero-order valence-corrected chi connectivity index (χ0v) is 15.0. The molecule has 0 unspecified atom stereocenters. The van der Waals surface area contributed by atoms with Crippen LogP contribution in [0.15, 0.2) is 35.5 Å². The van der Waals surface area contributed by atoms with Crippen molar-refractivity contribution in [2.45, 2.75) is 49.8 Å². The summed E-state index contributed by atoms with van der Waals surface area (Å²) in [5.41, 5.74) is 1.13. The van der Waals surface area contributed by atoms with Gasteiger partial charge in [-0.1, -0.05) is 49.2 Å². The van der Waals surface area contributed by atoms with Crippen LogP contribution in [-0.4, -0.2) is 39.0 Å². The van der Waals surface area contributed by atoms with Gasteiger partial charge >= 0.3 is 0 Å². The van der Waals surface area contributed by atoms with Crippen molar-refractivity contribution in [2.24, 2.45) is 0 Å². The second-order valence-electron chi connectivity index (χ2n) is 6.61. The van der Waals surface area contributed by atoms with Crippen molar-refractivity contribution < 1.29 is 4.79 Å². The first-order chi connectivity index (χ1) is 12.3. The number of benzene rings is 1. The Hall–Kier alpha value is -2.02. The first kappa shape index (κ1) is 16.4. The van der Waals surface area contributed by atoms with E-state index < -0.39 is 0 Å². The van der Waals surface area contributed by atoms with Gasteiger partial charge in [-0.25, -0.2) is 0 Å². The fourth-order valence-electron chi connectivity index (χ4n) is 3.58. The lowest BCUT2D eigenvalue weighted by molar-refractivity contribution is -0.119. The minimum Gasteiger partial charge on any atom is -0.353 e. The number of nitrogens with one attached hydrogen (secondary N) is 1. The number of para-hydroxylation sites is 1. The molecule has 2 heterocycles. The fraction of sp³-hybridized carbons (Fsp3) is 0.500. The third-order valence-corrected chi connectivity index (χ3v) is 5.82. The van der Waals surface area contributed by atoms with Crippen LogP contribution in [0.1, 0.15) is 32.1 Å². The molecule has 0 radical (unpaired) electrons. The highest BCUT2D eigenvalue weighted by molar-refractivity contribution is 7.99. The highest BCUT2D eigenvalue weighted by atomic mass is 32.2. The number of carbonyl (C=O) groups excluding carboxylic acids is 1. The molecule has 0 atom stereocenters. The number of fused-ring (bicyclic) bond motifs is 1. The second-order valence-corrected chi connectivity index (χ2v) is 7.56. The summed E-state index contributed by atoms with van der Waals surface area (Å²) >= 11 is 1.48. The third-order valence-electron chi connectivity index (χ3n) is 4.86. The van der Waals surface area contributed by atoms with E-state index in [9.17, 15) is 4.79 Å². The van der Waals surface area contributed by atoms with Crippen molar-refractivity contribution in [3.8, 4) is 0 Å². The van der Waals surface area contributed by atoms with Gasteiger partial charge in [-0.05, 0) is 25.0 Å². The standard InChI is InChI=1S/C18H23N5OS/c24-16(19-14-7-3-1-4-8-14)13-25-18-21-20-17-22(11-12-23(17)18)15-9-5-2-6-10-15/h2,5-6,9-10,14H,1,3-4,7-8,11-13H2,(H,19,24). The monoisotopic (exact) mass is 357 g/mol. The van der Waals surface area contributed by atoms with Gasteiger partial charge in [0, 0.05) is 24.8 Å². The molecule has 1 saturated carbocycles. The highest BCUT2D eigenvalue weighted by Crippen LogP contribution is 2.31. The normalized spacial score (nSPS) is 17.5. The summed E-state index contributed by atoms with van der Waals surface area (Å²) in [5, 5.41) is 12.6. The predicted octanol–water partition coefficient (Wildman–Crippen LogP) is 2.97. The summed E-state index contributed by atoms with van der Waals surface area (Å²) in [6.07, 6.45) is 5.98. The molecule has 2 aromatic rings. The van der Waals surface area contributed by atoms with Crippen LogP contribution in [0, 0.1) is 0 Å². The lowest BCUT2D eigenvalue weighted by atomic mass is 9.95. The van der Waals surface area contributed by atoms with Crippen molar-refractivity contribution in [3.63, 3.8) is 0 Å². The van der Waals surface area contributed by atoms with Crippen LogP contribution >= 0.6 is 11.8 Å². The van der Waals surface area contributed by atoms with Crippen LogP contribution in [0.4, 0.5) is 11.6 Å². The number of rotatable bonds is 5. The Labute approximate surface area is 152 Å². The first-order valence-electron chi connectivity index (χ1n) is 8.99. The summed E-state index contributed by atoms with van der Waals surface area (Å²) in [6.45, 7) is 1.74. The Morgan fingerprint density at radius 2 is 1.92 bits per heavy atom. The molecule has 2 aliphatic rings. The van der Waals surface area contributed by atoms with Gasteiger partial charge in [-0.2, -0.15) is 0 Å². The molecule has 1 fully saturated rings. The number of carbonyl (C=O) groups is 1. The van der Waals surface area contributed by atoms with E-state index in [4.69, 9.17) is 0 Å². The van der Waals surface area contributed by atoms with Crippen molar-refractivity contribution >= 4 is 29.3 Å². The van der Waals surface area contributed by atoms with Gasteiger partial charge in [-0.15, -0.1) is 10.2 Å². The van der Waals surface area contributed by atoms with Gasteiger partial charge in [-0.3, -0.25) is 9.36 Å². The fourth-order valence-corrected chi connectivity index (χ4v) is 4.35. The molecule has 25 heavy (non-hydrogen) atoms. The van der Waals surface area contributed by atoms with E-state index in [-0.39, 0.29) is 5.91 Å². The van der Waals surface area contributed by atoms with E-state index in [1.54, 1.807) is 0 Å². The number of anilines is 2.